The maximum absolute atomic E-state index is 13.5. The molecule has 0 aliphatic carbocycles. The van der Waals surface area contributed by atoms with Crippen molar-refractivity contribution in [3.05, 3.63) is 47.9 Å². The van der Waals surface area contributed by atoms with E-state index in [1.807, 2.05) is 13.0 Å². The third-order valence-corrected chi connectivity index (χ3v) is 4.04. The summed E-state index contributed by atoms with van der Waals surface area (Å²) in [6.07, 6.45) is 1.43. The summed E-state index contributed by atoms with van der Waals surface area (Å²) in [5, 5.41) is 7.95. The van der Waals surface area contributed by atoms with Gasteiger partial charge in [0.25, 0.3) is 5.91 Å². The lowest BCUT2D eigenvalue weighted by Crippen LogP contribution is -2.43. The predicted octanol–water partition coefficient (Wildman–Crippen LogP) is 2.37. The largest absolute Gasteiger partial charge is 0.481 e. The summed E-state index contributed by atoms with van der Waals surface area (Å²) < 4.78 is 24.5. The van der Waals surface area contributed by atoms with Crippen molar-refractivity contribution in [1.82, 2.24) is 15.1 Å². The summed E-state index contributed by atoms with van der Waals surface area (Å²) in [4.78, 5) is 13.9. The summed E-state index contributed by atoms with van der Waals surface area (Å²) in [5.41, 5.74) is 0.836. The van der Waals surface area contributed by atoms with Crippen LogP contribution in [0.4, 0.5) is 4.39 Å². The number of piperidine rings is 1. The van der Waals surface area contributed by atoms with Gasteiger partial charge >= 0.3 is 0 Å². The number of halogens is 1. The Bertz CT molecular complexity index is 716. The summed E-state index contributed by atoms with van der Waals surface area (Å²) >= 11 is 0. The molecule has 6 nitrogen and oxygen atoms in total. The highest BCUT2D eigenvalue weighted by atomic mass is 19.1. The zero-order valence-electron chi connectivity index (χ0n) is 14.0. The third kappa shape index (κ3) is 4.65. The Kier molecular flexibility index (Phi) is 5.42. The van der Waals surface area contributed by atoms with E-state index in [1.54, 1.807) is 23.1 Å². The number of hydrogen-bond acceptors (Lipinski definition) is 5. The van der Waals surface area contributed by atoms with Gasteiger partial charge in [-0.3, -0.25) is 4.79 Å². The number of carbonyl (C=O) groups excluding carboxylic acids is 1. The number of carbonyl (C=O) groups is 1. The zero-order valence-corrected chi connectivity index (χ0v) is 14.0. The number of benzene rings is 1. The van der Waals surface area contributed by atoms with E-state index >= 15 is 0 Å². The van der Waals surface area contributed by atoms with Crippen molar-refractivity contribution in [2.45, 2.75) is 25.9 Å². The molecule has 0 N–H and O–H groups in total. The molecular formula is C18H20FN3O3. The second kappa shape index (κ2) is 7.92. The Hall–Kier alpha value is -2.70. The van der Waals surface area contributed by atoms with Crippen LogP contribution in [0.15, 0.2) is 36.4 Å². The van der Waals surface area contributed by atoms with Gasteiger partial charge in [0.1, 0.15) is 6.10 Å². The minimum absolute atomic E-state index is 0.00791. The fourth-order valence-electron chi connectivity index (χ4n) is 2.64. The molecule has 0 radical (unpaired) electrons. The van der Waals surface area contributed by atoms with Gasteiger partial charge in [-0.25, -0.2) is 4.39 Å². The van der Waals surface area contributed by atoms with Crippen LogP contribution >= 0.6 is 0 Å². The SMILES string of the molecule is Cc1ccc(OC2CCN(C(=O)COc3ccccc3F)CC2)nn1. The van der Waals surface area contributed by atoms with E-state index in [4.69, 9.17) is 9.47 Å². The molecule has 1 amide bonds. The number of aryl methyl sites for hydroxylation is 1. The van der Waals surface area contributed by atoms with Crippen LogP contribution in [0, 0.1) is 12.7 Å². The lowest BCUT2D eigenvalue weighted by Gasteiger charge is -2.31. The van der Waals surface area contributed by atoms with Crippen molar-refractivity contribution in [3.8, 4) is 11.6 Å². The van der Waals surface area contributed by atoms with Gasteiger partial charge in [-0.05, 0) is 25.1 Å². The molecule has 0 saturated carbocycles. The number of hydrogen-bond donors (Lipinski definition) is 0. The maximum atomic E-state index is 13.5. The van der Waals surface area contributed by atoms with E-state index in [0.29, 0.717) is 31.8 Å². The van der Waals surface area contributed by atoms with E-state index in [-0.39, 0.29) is 24.4 Å². The molecule has 1 saturated heterocycles. The van der Waals surface area contributed by atoms with E-state index in [1.165, 1.54) is 12.1 Å². The van der Waals surface area contributed by atoms with E-state index in [9.17, 15) is 9.18 Å². The number of amides is 1. The molecular weight excluding hydrogens is 325 g/mol. The standard InChI is InChI=1S/C18H20FN3O3/c1-13-6-7-17(21-20-13)25-14-8-10-22(11-9-14)18(23)12-24-16-5-3-2-4-15(16)19/h2-7,14H,8-12H2,1H3. The van der Waals surface area contributed by atoms with Crippen molar-refractivity contribution >= 4 is 5.91 Å². The van der Waals surface area contributed by atoms with Crippen LogP contribution in [0.2, 0.25) is 0 Å². The number of likely N-dealkylation sites (tertiary alicyclic amines) is 1. The molecule has 3 rings (SSSR count). The minimum Gasteiger partial charge on any atom is -0.481 e. The van der Waals surface area contributed by atoms with Gasteiger partial charge in [-0.1, -0.05) is 12.1 Å². The summed E-state index contributed by atoms with van der Waals surface area (Å²) in [5.74, 6) is -0.0382. The Morgan fingerprint density at radius 1 is 1.20 bits per heavy atom. The highest BCUT2D eigenvalue weighted by Crippen LogP contribution is 2.18. The van der Waals surface area contributed by atoms with Crippen LogP contribution in [-0.4, -0.2) is 46.8 Å². The summed E-state index contributed by atoms with van der Waals surface area (Å²) in [6, 6.07) is 9.69. The molecule has 1 aliphatic heterocycles. The van der Waals surface area contributed by atoms with Crippen LogP contribution in [0.25, 0.3) is 0 Å². The second-order valence-corrected chi connectivity index (χ2v) is 5.93. The molecule has 0 spiro atoms. The van der Waals surface area contributed by atoms with Gasteiger partial charge in [-0.15, -0.1) is 5.10 Å². The smallest absolute Gasteiger partial charge is 0.260 e. The molecule has 0 bridgehead atoms. The molecule has 7 heteroatoms. The molecule has 2 heterocycles. The van der Waals surface area contributed by atoms with Gasteiger partial charge in [0.05, 0.1) is 5.69 Å². The van der Waals surface area contributed by atoms with Crippen LogP contribution in [0.5, 0.6) is 11.6 Å². The molecule has 1 aliphatic rings. The van der Waals surface area contributed by atoms with Crippen LogP contribution < -0.4 is 9.47 Å². The monoisotopic (exact) mass is 345 g/mol. The molecule has 0 unspecified atom stereocenters. The zero-order chi connectivity index (χ0) is 17.6. The quantitative estimate of drug-likeness (QED) is 0.832. The van der Waals surface area contributed by atoms with Crippen LogP contribution in [-0.2, 0) is 4.79 Å². The highest BCUT2D eigenvalue weighted by molar-refractivity contribution is 5.77. The number of ether oxygens (including phenoxy) is 2. The number of rotatable bonds is 5. The Balaban J connectivity index is 1.44. The molecule has 0 atom stereocenters. The fourth-order valence-corrected chi connectivity index (χ4v) is 2.64. The van der Waals surface area contributed by atoms with Crippen LogP contribution in [0.3, 0.4) is 0 Å². The van der Waals surface area contributed by atoms with E-state index in [0.717, 1.165) is 5.69 Å². The van der Waals surface area contributed by atoms with Crippen molar-refractivity contribution < 1.29 is 18.7 Å². The van der Waals surface area contributed by atoms with Crippen molar-refractivity contribution in [3.63, 3.8) is 0 Å². The Morgan fingerprint density at radius 3 is 2.64 bits per heavy atom. The first-order chi connectivity index (χ1) is 12.1. The topological polar surface area (TPSA) is 64.5 Å². The fraction of sp³-hybridized carbons (Fsp3) is 0.389. The Labute approximate surface area is 145 Å². The van der Waals surface area contributed by atoms with Gasteiger partial charge < -0.3 is 14.4 Å². The lowest BCUT2D eigenvalue weighted by molar-refractivity contribution is -0.135. The van der Waals surface area contributed by atoms with Crippen molar-refractivity contribution in [1.29, 1.82) is 0 Å². The molecule has 2 aromatic rings. The van der Waals surface area contributed by atoms with Gasteiger partial charge in [0, 0.05) is 32.0 Å². The number of aromatic nitrogens is 2. The third-order valence-electron chi connectivity index (χ3n) is 4.04. The number of nitrogens with zero attached hydrogens (tertiary/aromatic N) is 3. The minimum atomic E-state index is -0.471. The molecule has 132 valence electrons. The first kappa shape index (κ1) is 17.1. The molecule has 25 heavy (non-hydrogen) atoms. The molecule has 1 aromatic carbocycles. The van der Waals surface area contributed by atoms with E-state index in [2.05, 4.69) is 10.2 Å². The first-order valence-corrected chi connectivity index (χ1v) is 8.24. The lowest BCUT2D eigenvalue weighted by atomic mass is 10.1. The normalized spacial score (nSPS) is 15.0. The summed E-state index contributed by atoms with van der Waals surface area (Å²) in [6.45, 7) is 2.84. The van der Waals surface area contributed by atoms with Crippen molar-refractivity contribution in [2.24, 2.45) is 0 Å². The Morgan fingerprint density at radius 2 is 1.96 bits per heavy atom. The molecule has 1 fully saturated rings. The summed E-state index contributed by atoms with van der Waals surface area (Å²) in [7, 11) is 0. The van der Waals surface area contributed by atoms with Crippen LogP contribution in [0.1, 0.15) is 18.5 Å². The average Bonchev–Trinajstić information content (AvgIpc) is 2.63. The predicted molar refractivity (Wildman–Crippen MR) is 88.9 cm³/mol. The number of para-hydroxylation sites is 1. The van der Waals surface area contributed by atoms with E-state index < -0.39 is 5.82 Å². The van der Waals surface area contributed by atoms with Crippen molar-refractivity contribution in [2.75, 3.05) is 19.7 Å². The van der Waals surface area contributed by atoms with Gasteiger partial charge in [0.15, 0.2) is 18.2 Å². The first-order valence-electron chi connectivity index (χ1n) is 8.24. The second-order valence-electron chi connectivity index (χ2n) is 5.93. The molecule has 1 aromatic heterocycles. The average molecular weight is 345 g/mol. The van der Waals surface area contributed by atoms with Gasteiger partial charge in [0.2, 0.25) is 5.88 Å². The van der Waals surface area contributed by atoms with Gasteiger partial charge in [-0.2, -0.15) is 5.10 Å². The maximum Gasteiger partial charge on any atom is 0.260 e. The highest BCUT2D eigenvalue weighted by Gasteiger charge is 2.24.